The first-order valence-corrected chi connectivity index (χ1v) is 11.4. The number of aromatic nitrogens is 5. The summed E-state index contributed by atoms with van der Waals surface area (Å²) >= 11 is 0. The van der Waals surface area contributed by atoms with Gasteiger partial charge in [-0.05, 0) is 40.3 Å². The van der Waals surface area contributed by atoms with Gasteiger partial charge in [-0.3, -0.25) is 14.3 Å². The van der Waals surface area contributed by atoms with Crippen LogP contribution in [-0.4, -0.2) is 68.2 Å². The highest BCUT2D eigenvalue weighted by molar-refractivity contribution is 5.87. The van der Waals surface area contributed by atoms with Gasteiger partial charge in [-0.1, -0.05) is 12.1 Å². The van der Waals surface area contributed by atoms with E-state index in [0.717, 1.165) is 61.4 Å². The van der Waals surface area contributed by atoms with Crippen LogP contribution in [0.5, 0.6) is 5.75 Å². The van der Waals surface area contributed by atoms with Crippen molar-refractivity contribution in [2.45, 2.75) is 26.4 Å². The van der Waals surface area contributed by atoms with Crippen LogP contribution in [0.15, 0.2) is 47.7 Å². The lowest BCUT2D eigenvalue weighted by atomic mass is 10.2. The zero-order valence-electron chi connectivity index (χ0n) is 19.4. The highest BCUT2D eigenvalue weighted by atomic mass is 16.5. The van der Waals surface area contributed by atoms with E-state index in [1.165, 1.54) is 10.8 Å². The quantitative estimate of drug-likeness (QED) is 0.438. The van der Waals surface area contributed by atoms with Crippen LogP contribution in [0.25, 0.3) is 16.7 Å². The molecule has 0 saturated carbocycles. The van der Waals surface area contributed by atoms with E-state index in [9.17, 15) is 9.59 Å². The number of ether oxygens (including phenoxy) is 1. The molecule has 10 heteroatoms. The summed E-state index contributed by atoms with van der Waals surface area (Å²) in [5.41, 5.74) is 2.99. The highest BCUT2D eigenvalue weighted by Gasteiger charge is 2.21. The Kier molecular flexibility index (Phi) is 5.97. The molecule has 1 aromatic carbocycles. The van der Waals surface area contributed by atoms with Gasteiger partial charge in [0.25, 0.3) is 12.0 Å². The van der Waals surface area contributed by atoms with E-state index in [0.29, 0.717) is 17.8 Å². The lowest BCUT2D eigenvalue weighted by Gasteiger charge is -2.21. The number of nitrogens with zero attached hydrogens (tertiary/aromatic N) is 6. The normalized spacial score (nSPS) is 15.1. The van der Waals surface area contributed by atoms with Crippen molar-refractivity contribution in [1.29, 1.82) is 0 Å². The maximum Gasteiger partial charge on any atom is 0.425 e. The summed E-state index contributed by atoms with van der Waals surface area (Å²) in [6.45, 7) is 6.00. The largest absolute Gasteiger partial charge is 0.497 e. The van der Waals surface area contributed by atoms with Gasteiger partial charge in [0.2, 0.25) is 5.91 Å². The molecule has 0 atom stereocenters. The Morgan fingerprint density at radius 3 is 2.68 bits per heavy atom. The second kappa shape index (κ2) is 9.22. The molecule has 10 nitrogen and oxygen atoms in total. The maximum absolute atomic E-state index is 13.2. The average molecular weight is 463 g/mol. The minimum Gasteiger partial charge on any atom is -0.497 e. The molecule has 4 heterocycles. The Bertz CT molecular complexity index is 1390. The van der Waals surface area contributed by atoms with Gasteiger partial charge in [0.15, 0.2) is 5.65 Å². The standard InChI is InChI=1S/C24H27N7O3/c1-17(32)29-9-3-8-28(10-11-29)14-19-12-21-22(25-13-19)30(24(33)31-23(21)26-16-27-31)15-18-4-6-20(34-2)7-5-18/h4-7,12-13,16H,3,8-11,14-15H2,1-2H3/p+1. The van der Waals surface area contributed by atoms with Crippen molar-refractivity contribution in [2.24, 2.45) is 0 Å². The number of hydrogen-bond donors (Lipinski definition) is 0. The summed E-state index contributed by atoms with van der Waals surface area (Å²) in [6, 6.07) is 9.71. The van der Waals surface area contributed by atoms with Crippen LogP contribution in [-0.2, 0) is 17.9 Å². The van der Waals surface area contributed by atoms with Crippen molar-refractivity contribution in [1.82, 2.24) is 29.0 Å². The molecule has 3 aromatic heterocycles. The summed E-state index contributed by atoms with van der Waals surface area (Å²) in [7, 11) is 1.63. The number of carbonyl (C=O) groups is 1. The number of carbonyl (C=O) groups excluding carboxylic acids is 1. The average Bonchev–Trinajstić information content (AvgIpc) is 3.23. The predicted molar refractivity (Wildman–Crippen MR) is 126 cm³/mol. The van der Waals surface area contributed by atoms with Crippen LogP contribution >= 0.6 is 0 Å². The van der Waals surface area contributed by atoms with Gasteiger partial charge in [-0.15, -0.1) is 0 Å². The van der Waals surface area contributed by atoms with Gasteiger partial charge < -0.3 is 9.64 Å². The molecule has 1 saturated heterocycles. The first kappa shape index (κ1) is 22.0. The van der Waals surface area contributed by atoms with Crippen molar-refractivity contribution < 1.29 is 14.5 Å². The zero-order chi connectivity index (χ0) is 23.7. The molecule has 176 valence electrons. The molecule has 0 aliphatic carbocycles. The van der Waals surface area contributed by atoms with E-state index in [1.807, 2.05) is 35.4 Å². The molecule has 34 heavy (non-hydrogen) atoms. The molecule has 0 spiro atoms. The number of pyridine rings is 1. The van der Waals surface area contributed by atoms with Crippen LogP contribution < -0.4 is 15.4 Å². The van der Waals surface area contributed by atoms with Gasteiger partial charge >= 0.3 is 5.69 Å². The van der Waals surface area contributed by atoms with Crippen molar-refractivity contribution in [3.63, 3.8) is 0 Å². The molecule has 0 radical (unpaired) electrons. The molecule has 1 fully saturated rings. The molecular formula is C24H28N7O3+. The molecule has 5 rings (SSSR count). The molecular weight excluding hydrogens is 434 g/mol. The van der Waals surface area contributed by atoms with Gasteiger partial charge in [0.05, 0.1) is 19.0 Å². The highest BCUT2D eigenvalue weighted by Crippen LogP contribution is 2.19. The van der Waals surface area contributed by atoms with Gasteiger partial charge in [-0.25, -0.2) is 14.8 Å². The molecule has 0 bridgehead atoms. The Hall–Kier alpha value is -3.79. The number of rotatable bonds is 5. The molecule has 1 aliphatic rings. The minimum atomic E-state index is -0.253. The summed E-state index contributed by atoms with van der Waals surface area (Å²) in [5, 5.41) is 5.05. The van der Waals surface area contributed by atoms with Gasteiger partial charge in [-0.2, -0.15) is 0 Å². The summed E-state index contributed by atoms with van der Waals surface area (Å²) in [5.74, 6) is 0.892. The van der Waals surface area contributed by atoms with Crippen molar-refractivity contribution >= 4 is 22.6 Å². The van der Waals surface area contributed by atoms with Crippen LogP contribution in [0.2, 0.25) is 0 Å². The van der Waals surface area contributed by atoms with Crippen LogP contribution in [0.1, 0.15) is 24.5 Å². The Morgan fingerprint density at radius 1 is 1.09 bits per heavy atom. The van der Waals surface area contributed by atoms with E-state index in [1.54, 1.807) is 18.6 Å². The Labute approximate surface area is 196 Å². The SMILES string of the molecule is COc1ccc(Cn2c(=O)n3nc[nH+]c3c3cc(CN4CCCN(C(C)=O)CC4)cnc32)cc1. The number of benzene rings is 1. The van der Waals surface area contributed by atoms with E-state index in [2.05, 4.69) is 21.0 Å². The summed E-state index contributed by atoms with van der Waals surface area (Å²) in [6.07, 6.45) is 4.31. The third-order valence-electron chi connectivity index (χ3n) is 6.37. The molecule has 1 N–H and O–H groups in total. The zero-order valence-corrected chi connectivity index (χ0v) is 19.4. The second-order valence-electron chi connectivity index (χ2n) is 8.62. The third kappa shape index (κ3) is 4.24. The fourth-order valence-corrected chi connectivity index (χ4v) is 4.54. The van der Waals surface area contributed by atoms with E-state index in [4.69, 9.17) is 9.72 Å². The third-order valence-corrected chi connectivity index (χ3v) is 6.37. The van der Waals surface area contributed by atoms with Gasteiger partial charge in [0.1, 0.15) is 5.75 Å². The Balaban J connectivity index is 1.49. The van der Waals surface area contributed by atoms with Crippen LogP contribution in [0.3, 0.4) is 0 Å². The van der Waals surface area contributed by atoms with Crippen LogP contribution in [0, 0.1) is 0 Å². The number of H-pyrrole nitrogens is 1. The number of methoxy groups -OCH3 is 1. The number of nitrogens with one attached hydrogen (secondary N) is 1. The maximum atomic E-state index is 13.2. The van der Waals surface area contributed by atoms with Crippen LogP contribution in [0.4, 0.5) is 0 Å². The Morgan fingerprint density at radius 2 is 1.91 bits per heavy atom. The van der Waals surface area contributed by atoms with E-state index >= 15 is 0 Å². The fourth-order valence-electron chi connectivity index (χ4n) is 4.54. The molecule has 0 unspecified atom stereocenters. The smallest absolute Gasteiger partial charge is 0.425 e. The molecule has 1 amide bonds. The lowest BCUT2D eigenvalue weighted by Crippen LogP contribution is -2.33. The summed E-state index contributed by atoms with van der Waals surface area (Å²) in [4.78, 5) is 37.0. The van der Waals surface area contributed by atoms with E-state index in [-0.39, 0.29) is 11.6 Å². The van der Waals surface area contributed by atoms with Crippen molar-refractivity contribution in [2.75, 3.05) is 33.3 Å². The number of fused-ring (bicyclic) bond motifs is 3. The number of hydrogen-bond acceptors (Lipinski definition) is 6. The minimum absolute atomic E-state index is 0.128. The number of amides is 1. The van der Waals surface area contributed by atoms with Crippen molar-refractivity contribution in [3.05, 3.63) is 64.5 Å². The summed E-state index contributed by atoms with van der Waals surface area (Å²) < 4.78 is 8.27. The first-order valence-electron chi connectivity index (χ1n) is 11.4. The predicted octanol–water partition coefficient (Wildman–Crippen LogP) is 0.969. The number of aromatic amines is 1. The van der Waals surface area contributed by atoms with Gasteiger partial charge in [0, 0.05) is 50.9 Å². The molecule has 1 aliphatic heterocycles. The fraction of sp³-hybridized carbons (Fsp3) is 0.375. The van der Waals surface area contributed by atoms with E-state index < -0.39 is 0 Å². The van der Waals surface area contributed by atoms with Crippen molar-refractivity contribution in [3.8, 4) is 5.75 Å². The second-order valence-corrected chi connectivity index (χ2v) is 8.62. The topological polar surface area (TPSA) is 99.1 Å². The monoisotopic (exact) mass is 462 g/mol. The first-order chi connectivity index (χ1) is 16.5. The molecule has 4 aromatic rings. The lowest BCUT2D eigenvalue weighted by molar-refractivity contribution is -0.345.